The molecule has 0 bridgehead atoms. The van der Waals surface area contributed by atoms with Crippen LogP contribution in [0.25, 0.3) is 0 Å². The molecule has 6 nitrogen and oxygen atoms in total. The highest BCUT2D eigenvalue weighted by atomic mass is 32.1. The van der Waals surface area contributed by atoms with Gasteiger partial charge in [0.1, 0.15) is 6.04 Å². The molecule has 0 aromatic heterocycles. The monoisotopic (exact) mass is 323 g/mol. The van der Waals surface area contributed by atoms with Crippen molar-refractivity contribution in [1.82, 2.24) is 10.6 Å². The number of primary amides is 1. The third-order valence-corrected chi connectivity index (χ3v) is 3.55. The van der Waals surface area contributed by atoms with Gasteiger partial charge in [-0.15, -0.1) is 0 Å². The van der Waals surface area contributed by atoms with E-state index in [0.29, 0.717) is 12.2 Å². The molecule has 0 saturated carbocycles. The number of benzene rings is 1. The number of carbonyl (C=O) groups is 3. The van der Waals surface area contributed by atoms with Gasteiger partial charge < -0.3 is 16.4 Å². The summed E-state index contributed by atoms with van der Waals surface area (Å²) in [4.78, 5) is 34.5. The van der Waals surface area contributed by atoms with Gasteiger partial charge >= 0.3 is 0 Å². The molecule has 0 spiro atoms. The second-order valence-corrected chi connectivity index (χ2v) is 5.35. The molecule has 0 fully saturated rings. The summed E-state index contributed by atoms with van der Waals surface area (Å²) in [5, 5.41) is 4.97. The van der Waals surface area contributed by atoms with Crippen molar-refractivity contribution in [2.45, 2.75) is 19.4 Å². The molecule has 1 unspecified atom stereocenters. The van der Waals surface area contributed by atoms with Gasteiger partial charge in [-0.05, 0) is 18.9 Å². The molecule has 0 saturated heterocycles. The van der Waals surface area contributed by atoms with Crippen LogP contribution >= 0.6 is 12.6 Å². The van der Waals surface area contributed by atoms with Crippen LogP contribution in [-0.4, -0.2) is 36.1 Å². The lowest BCUT2D eigenvalue weighted by Gasteiger charge is -2.18. The van der Waals surface area contributed by atoms with Gasteiger partial charge in [-0.2, -0.15) is 12.6 Å². The number of nitrogens with one attached hydrogen (secondary N) is 2. The summed E-state index contributed by atoms with van der Waals surface area (Å²) in [6.07, 6.45) is 0.547. The summed E-state index contributed by atoms with van der Waals surface area (Å²) in [6.45, 7) is 1.30. The van der Waals surface area contributed by atoms with Gasteiger partial charge in [-0.3, -0.25) is 14.4 Å². The van der Waals surface area contributed by atoms with Crippen LogP contribution in [0.15, 0.2) is 30.3 Å². The van der Waals surface area contributed by atoms with Gasteiger partial charge in [0.25, 0.3) is 0 Å². The predicted molar refractivity (Wildman–Crippen MR) is 87.3 cm³/mol. The van der Waals surface area contributed by atoms with Gasteiger partial charge in [-0.25, -0.2) is 0 Å². The van der Waals surface area contributed by atoms with Gasteiger partial charge in [-0.1, -0.05) is 30.3 Å². The third kappa shape index (κ3) is 6.17. The van der Waals surface area contributed by atoms with E-state index in [9.17, 15) is 14.4 Å². The summed E-state index contributed by atoms with van der Waals surface area (Å²) in [6, 6.07) is 8.85. The molecule has 0 heterocycles. The zero-order chi connectivity index (χ0) is 16.5. The van der Waals surface area contributed by atoms with E-state index in [-0.39, 0.29) is 18.4 Å². The maximum atomic E-state index is 12.2. The first-order chi connectivity index (χ1) is 10.4. The van der Waals surface area contributed by atoms with Crippen LogP contribution < -0.4 is 16.4 Å². The second-order valence-electron chi connectivity index (χ2n) is 4.98. The Kier molecular flexibility index (Phi) is 7.45. The Balaban J connectivity index is 2.53. The summed E-state index contributed by atoms with van der Waals surface area (Å²) in [5.74, 6) is -1.30. The molecule has 0 aliphatic heterocycles. The third-order valence-electron chi connectivity index (χ3n) is 3.11. The van der Waals surface area contributed by atoms with E-state index in [1.165, 1.54) is 0 Å². The Morgan fingerprint density at radius 3 is 2.36 bits per heavy atom. The lowest BCUT2D eigenvalue weighted by atomic mass is 10.00. The normalized spacial score (nSPS) is 13.0. The fourth-order valence-corrected chi connectivity index (χ4v) is 2.16. The molecular weight excluding hydrogens is 302 g/mol. The molecule has 1 aromatic rings. The molecule has 120 valence electrons. The highest BCUT2D eigenvalue weighted by molar-refractivity contribution is 7.80. The molecular formula is C15H21N3O3S. The quantitative estimate of drug-likeness (QED) is 0.502. The van der Waals surface area contributed by atoms with Crippen molar-refractivity contribution >= 4 is 30.4 Å². The van der Waals surface area contributed by atoms with Crippen molar-refractivity contribution in [2.24, 2.45) is 11.7 Å². The first kappa shape index (κ1) is 18.0. The number of rotatable bonds is 8. The molecule has 4 N–H and O–H groups in total. The number of hydrogen-bond acceptors (Lipinski definition) is 4. The fraction of sp³-hybridized carbons (Fsp3) is 0.400. The van der Waals surface area contributed by atoms with Crippen molar-refractivity contribution in [1.29, 1.82) is 0 Å². The van der Waals surface area contributed by atoms with E-state index < -0.39 is 17.9 Å². The zero-order valence-electron chi connectivity index (χ0n) is 12.4. The topological polar surface area (TPSA) is 101 Å². The molecule has 1 rings (SSSR count). The fourth-order valence-electron chi connectivity index (χ4n) is 1.86. The number of nitrogens with two attached hydrogens (primary N) is 1. The first-order valence-corrected chi connectivity index (χ1v) is 7.58. The van der Waals surface area contributed by atoms with E-state index in [0.717, 1.165) is 5.56 Å². The minimum Gasteiger partial charge on any atom is -0.368 e. The van der Waals surface area contributed by atoms with E-state index >= 15 is 0 Å². The van der Waals surface area contributed by atoms with Crippen LogP contribution in [0.4, 0.5) is 0 Å². The van der Waals surface area contributed by atoms with Crippen molar-refractivity contribution in [3.05, 3.63) is 35.9 Å². The maximum Gasteiger partial charge on any atom is 0.242 e. The Morgan fingerprint density at radius 1 is 1.18 bits per heavy atom. The standard InChI is InChI=1S/C15H21N3O3S/c1-10(14(20)17-8-13(16)19)18-15(21)12(9-22)7-11-5-3-2-4-6-11/h2-6,10,12,22H,7-9H2,1H3,(H2,16,19)(H,17,20)(H,18,21)/t10-,12?/m0/s1. The van der Waals surface area contributed by atoms with E-state index in [1.807, 2.05) is 30.3 Å². The highest BCUT2D eigenvalue weighted by Crippen LogP contribution is 2.11. The van der Waals surface area contributed by atoms with Crippen LogP contribution in [0.1, 0.15) is 12.5 Å². The Morgan fingerprint density at radius 2 is 1.82 bits per heavy atom. The number of thiol groups is 1. The molecule has 0 aliphatic rings. The van der Waals surface area contributed by atoms with Gasteiger partial charge in [0.15, 0.2) is 0 Å². The number of hydrogen-bond donors (Lipinski definition) is 4. The molecule has 2 atom stereocenters. The van der Waals surface area contributed by atoms with Gasteiger partial charge in [0.2, 0.25) is 17.7 Å². The van der Waals surface area contributed by atoms with Crippen molar-refractivity contribution in [3.63, 3.8) is 0 Å². The largest absolute Gasteiger partial charge is 0.368 e. The van der Waals surface area contributed by atoms with Crippen molar-refractivity contribution in [3.8, 4) is 0 Å². The maximum absolute atomic E-state index is 12.2. The lowest BCUT2D eigenvalue weighted by Crippen LogP contribution is -2.48. The Labute approximate surface area is 135 Å². The predicted octanol–water partition coefficient (Wildman–Crippen LogP) is -0.119. The van der Waals surface area contributed by atoms with E-state index in [4.69, 9.17) is 5.73 Å². The first-order valence-electron chi connectivity index (χ1n) is 6.95. The second kappa shape index (κ2) is 9.09. The summed E-state index contributed by atoms with van der Waals surface area (Å²) in [5.41, 5.74) is 5.98. The Bertz CT molecular complexity index is 522. The minimum atomic E-state index is -0.745. The van der Waals surface area contributed by atoms with E-state index in [1.54, 1.807) is 6.92 Å². The summed E-state index contributed by atoms with van der Waals surface area (Å²) < 4.78 is 0. The average Bonchev–Trinajstić information content (AvgIpc) is 2.50. The van der Waals surface area contributed by atoms with Crippen molar-refractivity contribution in [2.75, 3.05) is 12.3 Å². The molecule has 22 heavy (non-hydrogen) atoms. The number of amides is 3. The minimum absolute atomic E-state index is 0.249. The van der Waals surface area contributed by atoms with Crippen LogP contribution in [0.2, 0.25) is 0 Å². The molecule has 3 amide bonds. The van der Waals surface area contributed by atoms with Crippen LogP contribution in [-0.2, 0) is 20.8 Å². The average molecular weight is 323 g/mol. The van der Waals surface area contributed by atoms with Crippen molar-refractivity contribution < 1.29 is 14.4 Å². The highest BCUT2D eigenvalue weighted by Gasteiger charge is 2.22. The SMILES string of the molecule is C[C@H](NC(=O)C(CS)Cc1ccccc1)C(=O)NCC(N)=O. The smallest absolute Gasteiger partial charge is 0.242 e. The lowest BCUT2D eigenvalue weighted by molar-refractivity contribution is -0.131. The van der Waals surface area contributed by atoms with Gasteiger partial charge in [0, 0.05) is 5.75 Å². The summed E-state index contributed by atoms with van der Waals surface area (Å²) >= 11 is 4.20. The molecule has 0 aliphatic carbocycles. The molecule has 0 radical (unpaired) electrons. The van der Waals surface area contributed by atoms with Gasteiger partial charge in [0.05, 0.1) is 12.5 Å². The zero-order valence-corrected chi connectivity index (χ0v) is 13.3. The number of carbonyl (C=O) groups excluding carboxylic acids is 3. The van der Waals surface area contributed by atoms with Crippen LogP contribution in [0.3, 0.4) is 0 Å². The van der Waals surface area contributed by atoms with Crippen LogP contribution in [0, 0.1) is 5.92 Å². The molecule has 7 heteroatoms. The van der Waals surface area contributed by atoms with Crippen LogP contribution in [0.5, 0.6) is 0 Å². The summed E-state index contributed by atoms with van der Waals surface area (Å²) in [7, 11) is 0. The Hall–Kier alpha value is -2.02. The van der Waals surface area contributed by atoms with E-state index in [2.05, 4.69) is 23.3 Å². The molecule has 1 aromatic carbocycles.